The van der Waals surface area contributed by atoms with Crippen molar-refractivity contribution in [1.29, 1.82) is 0 Å². The van der Waals surface area contributed by atoms with Gasteiger partial charge in [-0.1, -0.05) is 23.2 Å². The van der Waals surface area contributed by atoms with Gasteiger partial charge in [-0.05, 0) is 72.6 Å². The zero-order valence-corrected chi connectivity index (χ0v) is 18.8. The first-order chi connectivity index (χ1) is 14.7. The number of anilines is 2. The fraction of sp³-hybridized carbons (Fsp3) is 0.136. The highest BCUT2D eigenvalue weighted by Gasteiger charge is 2.24. The molecule has 0 aliphatic carbocycles. The van der Waals surface area contributed by atoms with Crippen LogP contribution >= 0.6 is 23.2 Å². The Bertz CT molecular complexity index is 1260. The van der Waals surface area contributed by atoms with Crippen LogP contribution in [0.3, 0.4) is 0 Å². The van der Waals surface area contributed by atoms with Crippen LogP contribution in [0, 0.1) is 0 Å². The quantitative estimate of drug-likeness (QED) is 0.527. The van der Waals surface area contributed by atoms with Gasteiger partial charge in [0, 0.05) is 29.9 Å². The Balaban J connectivity index is 1.49. The molecule has 0 atom stereocenters. The van der Waals surface area contributed by atoms with Crippen LogP contribution < -0.4 is 14.4 Å². The molecule has 0 fully saturated rings. The molecule has 6 nitrogen and oxygen atoms in total. The molecule has 0 saturated heterocycles. The predicted octanol–water partition coefficient (Wildman–Crippen LogP) is 5.50. The van der Waals surface area contributed by atoms with Crippen molar-refractivity contribution in [3.8, 4) is 11.5 Å². The SMILES string of the molecule is CC(=O)N1CCc2cc(S(=O)(=O)Nc3ccc(Oc4ccc(Cl)cc4Cl)cc3)ccc21. The van der Waals surface area contributed by atoms with Gasteiger partial charge >= 0.3 is 0 Å². The van der Waals surface area contributed by atoms with Crippen molar-refractivity contribution >= 4 is 50.5 Å². The summed E-state index contributed by atoms with van der Waals surface area (Å²) in [6, 6.07) is 16.1. The minimum Gasteiger partial charge on any atom is -0.456 e. The first kappa shape index (κ1) is 21.5. The predicted molar refractivity (Wildman–Crippen MR) is 122 cm³/mol. The third-order valence-electron chi connectivity index (χ3n) is 4.87. The number of hydrogen-bond donors (Lipinski definition) is 1. The van der Waals surface area contributed by atoms with E-state index >= 15 is 0 Å². The summed E-state index contributed by atoms with van der Waals surface area (Å²) in [5, 5.41) is 0.875. The number of nitrogens with one attached hydrogen (secondary N) is 1. The van der Waals surface area contributed by atoms with Gasteiger partial charge < -0.3 is 9.64 Å². The molecule has 1 amide bonds. The number of ether oxygens (including phenoxy) is 1. The Morgan fingerprint density at radius 2 is 1.77 bits per heavy atom. The van der Waals surface area contributed by atoms with E-state index in [0.717, 1.165) is 11.3 Å². The second-order valence-corrected chi connectivity index (χ2v) is 9.54. The molecule has 0 bridgehead atoms. The standard InChI is InChI=1S/C22H18Cl2N2O4S/c1-14(27)26-11-10-15-12-19(7-8-21(15)26)31(28,29)25-17-3-5-18(6-4-17)30-22-9-2-16(23)13-20(22)24/h2-9,12-13,25H,10-11H2,1H3. The number of sulfonamides is 1. The molecule has 0 radical (unpaired) electrons. The molecule has 0 spiro atoms. The third-order valence-corrected chi connectivity index (χ3v) is 6.77. The summed E-state index contributed by atoms with van der Waals surface area (Å²) in [5.74, 6) is 0.876. The van der Waals surface area contributed by atoms with Crippen LogP contribution in [0.1, 0.15) is 12.5 Å². The number of benzene rings is 3. The van der Waals surface area contributed by atoms with Gasteiger partial charge in [0.25, 0.3) is 10.0 Å². The van der Waals surface area contributed by atoms with Gasteiger partial charge in [-0.25, -0.2) is 8.42 Å². The number of nitrogens with zero attached hydrogens (tertiary/aromatic N) is 1. The highest BCUT2D eigenvalue weighted by Crippen LogP contribution is 2.33. The van der Waals surface area contributed by atoms with Gasteiger partial charge in [-0.2, -0.15) is 0 Å². The van der Waals surface area contributed by atoms with E-state index in [9.17, 15) is 13.2 Å². The first-order valence-corrected chi connectivity index (χ1v) is 11.6. The third kappa shape index (κ3) is 4.63. The van der Waals surface area contributed by atoms with Gasteiger partial charge in [0.1, 0.15) is 11.5 Å². The van der Waals surface area contributed by atoms with Crippen LogP contribution in [-0.2, 0) is 21.2 Å². The molecule has 1 N–H and O–H groups in total. The van der Waals surface area contributed by atoms with Gasteiger partial charge in [-0.15, -0.1) is 0 Å². The number of halogens is 2. The van der Waals surface area contributed by atoms with Crippen LogP contribution in [0.4, 0.5) is 11.4 Å². The molecule has 160 valence electrons. The lowest BCUT2D eigenvalue weighted by Crippen LogP contribution is -2.25. The summed E-state index contributed by atoms with van der Waals surface area (Å²) in [5.41, 5.74) is 1.98. The maximum absolute atomic E-state index is 12.8. The Kier molecular flexibility index (Phi) is 5.83. The number of amides is 1. The second kappa shape index (κ2) is 8.42. The molecule has 0 aromatic heterocycles. The zero-order chi connectivity index (χ0) is 22.2. The molecular formula is C22H18Cl2N2O4S. The number of hydrogen-bond acceptors (Lipinski definition) is 4. The van der Waals surface area contributed by atoms with Gasteiger partial charge in [0.05, 0.1) is 9.92 Å². The van der Waals surface area contributed by atoms with Crippen molar-refractivity contribution in [2.24, 2.45) is 0 Å². The molecule has 31 heavy (non-hydrogen) atoms. The summed E-state index contributed by atoms with van der Waals surface area (Å²) in [6.07, 6.45) is 0.623. The molecule has 0 saturated carbocycles. The van der Waals surface area contributed by atoms with Crippen molar-refractivity contribution in [1.82, 2.24) is 0 Å². The van der Waals surface area contributed by atoms with Gasteiger partial charge in [0.2, 0.25) is 5.91 Å². The molecule has 3 aromatic rings. The number of carbonyl (C=O) groups excluding carboxylic acids is 1. The summed E-state index contributed by atoms with van der Waals surface area (Å²) in [4.78, 5) is 13.5. The van der Waals surface area contributed by atoms with E-state index in [1.54, 1.807) is 59.5 Å². The second-order valence-electron chi connectivity index (χ2n) is 7.02. The molecule has 3 aromatic carbocycles. The smallest absolute Gasteiger partial charge is 0.261 e. The molecule has 1 aliphatic rings. The van der Waals surface area contributed by atoms with Crippen molar-refractivity contribution in [3.05, 3.63) is 76.3 Å². The van der Waals surface area contributed by atoms with Crippen molar-refractivity contribution < 1.29 is 17.9 Å². The minimum absolute atomic E-state index is 0.0605. The van der Waals surface area contributed by atoms with Crippen LogP contribution in [0.2, 0.25) is 10.0 Å². The van der Waals surface area contributed by atoms with Crippen molar-refractivity contribution in [2.75, 3.05) is 16.2 Å². The Hall–Kier alpha value is -2.74. The number of carbonyl (C=O) groups is 1. The topological polar surface area (TPSA) is 75.7 Å². The monoisotopic (exact) mass is 476 g/mol. The van der Waals surface area contributed by atoms with Gasteiger partial charge in [-0.3, -0.25) is 9.52 Å². The highest BCUT2D eigenvalue weighted by molar-refractivity contribution is 7.92. The van der Waals surface area contributed by atoms with E-state index in [2.05, 4.69) is 4.72 Å². The van der Waals surface area contributed by atoms with Crippen LogP contribution in [0.25, 0.3) is 0 Å². The summed E-state index contributed by atoms with van der Waals surface area (Å²) in [7, 11) is -3.79. The first-order valence-electron chi connectivity index (χ1n) is 9.40. The number of fused-ring (bicyclic) bond motifs is 1. The van der Waals surface area contributed by atoms with E-state index in [4.69, 9.17) is 27.9 Å². The van der Waals surface area contributed by atoms with E-state index < -0.39 is 10.0 Å². The average molecular weight is 477 g/mol. The van der Waals surface area contributed by atoms with E-state index in [1.807, 2.05) is 0 Å². The molecule has 1 heterocycles. The van der Waals surface area contributed by atoms with E-state index in [-0.39, 0.29) is 10.8 Å². The van der Waals surface area contributed by atoms with Crippen LogP contribution in [-0.4, -0.2) is 20.9 Å². The molecule has 4 rings (SSSR count). The maximum Gasteiger partial charge on any atom is 0.261 e. The van der Waals surface area contributed by atoms with Gasteiger partial charge in [0.15, 0.2) is 0 Å². The summed E-state index contributed by atoms with van der Waals surface area (Å²) >= 11 is 12.0. The van der Waals surface area contributed by atoms with Crippen LogP contribution in [0.5, 0.6) is 11.5 Å². The van der Waals surface area contributed by atoms with Crippen molar-refractivity contribution in [3.63, 3.8) is 0 Å². The fourth-order valence-corrected chi connectivity index (χ4v) is 4.92. The normalized spacial score (nSPS) is 13.1. The lowest BCUT2D eigenvalue weighted by molar-refractivity contribution is -0.116. The van der Waals surface area contributed by atoms with Crippen LogP contribution in [0.15, 0.2) is 65.6 Å². The van der Waals surface area contributed by atoms with E-state index in [0.29, 0.717) is 40.2 Å². The molecule has 0 unspecified atom stereocenters. The highest BCUT2D eigenvalue weighted by atomic mass is 35.5. The summed E-state index contributed by atoms with van der Waals surface area (Å²) < 4.78 is 33.9. The molecule has 1 aliphatic heterocycles. The Morgan fingerprint density at radius 3 is 2.45 bits per heavy atom. The molecule has 9 heteroatoms. The summed E-state index contributed by atoms with van der Waals surface area (Å²) in [6.45, 7) is 2.05. The lowest BCUT2D eigenvalue weighted by atomic mass is 10.2. The Labute approximate surface area is 190 Å². The molecular weight excluding hydrogens is 459 g/mol. The minimum atomic E-state index is -3.79. The largest absolute Gasteiger partial charge is 0.456 e. The van der Waals surface area contributed by atoms with Crippen molar-refractivity contribution in [2.45, 2.75) is 18.2 Å². The lowest BCUT2D eigenvalue weighted by Gasteiger charge is -2.15. The fourth-order valence-electron chi connectivity index (χ4n) is 3.36. The number of rotatable bonds is 5. The maximum atomic E-state index is 12.8. The zero-order valence-electron chi connectivity index (χ0n) is 16.4. The van der Waals surface area contributed by atoms with E-state index in [1.165, 1.54) is 13.0 Å². The Morgan fingerprint density at radius 1 is 1.03 bits per heavy atom. The average Bonchev–Trinajstić information content (AvgIpc) is 3.15.